The summed E-state index contributed by atoms with van der Waals surface area (Å²) >= 11 is 5.49. The fourth-order valence-electron chi connectivity index (χ4n) is 2.87. The van der Waals surface area contributed by atoms with Crippen LogP contribution in [0, 0.1) is 6.92 Å². The van der Waals surface area contributed by atoms with Gasteiger partial charge in [0.05, 0.1) is 31.4 Å². The molecule has 0 saturated carbocycles. The third-order valence-electron chi connectivity index (χ3n) is 4.41. The van der Waals surface area contributed by atoms with Gasteiger partial charge in [-0.3, -0.25) is 0 Å². The molecule has 1 atom stereocenters. The highest BCUT2D eigenvalue weighted by Gasteiger charge is 2.14. The molecule has 0 radical (unpaired) electrons. The van der Waals surface area contributed by atoms with E-state index in [0.29, 0.717) is 36.2 Å². The molecule has 2 N–H and O–H groups in total. The standard InChI is InChI=1S/C23H30N2O4S/c1-6-27-20-12-11-17(14-21(20)28-7-2)16(5)24-23(30)25-19-13-18(10-9-15(19)4)22(26)29-8-3/h9-14,16H,6-8H2,1-5H3,(H2,24,25,30)/t16-/m0/s1. The summed E-state index contributed by atoms with van der Waals surface area (Å²) in [6.07, 6.45) is 0. The molecule has 0 aliphatic carbocycles. The third kappa shape index (κ3) is 6.35. The van der Waals surface area contributed by atoms with Crippen LogP contribution in [0.1, 0.15) is 55.2 Å². The molecule has 7 heteroatoms. The molecule has 30 heavy (non-hydrogen) atoms. The maximum Gasteiger partial charge on any atom is 0.338 e. The second-order valence-corrected chi connectivity index (χ2v) is 7.05. The number of carbonyl (C=O) groups excluding carboxylic acids is 1. The van der Waals surface area contributed by atoms with Gasteiger partial charge in [0.15, 0.2) is 16.6 Å². The average molecular weight is 431 g/mol. The van der Waals surface area contributed by atoms with E-state index in [4.69, 9.17) is 26.4 Å². The van der Waals surface area contributed by atoms with Crippen LogP contribution in [-0.2, 0) is 4.74 Å². The van der Waals surface area contributed by atoms with E-state index in [0.717, 1.165) is 22.6 Å². The van der Waals surface area contributed by atoms with Crippen molar-refractivity contribution in [2.75, 3.05) is 25.1 Å². The summed E-state index contributed by atoms with van der Waals surface area (Å²) in [6, 6.07) is 11.1. The third-order valence-corrected chi connectivity index (χ3v) is 4.63. The van der Waals surface area contributed by atoms with Crippen molar-refractivity contribution in [1.82, 2.24) is 5.32 Å². The maximum atomic E-state index is 12.0. The lowest BCUT2D eigenvalue weighted by atomic mass is 10.1. The fraction of sp³-hybridized carbons (Fsp3) is 0.391. The molecule has 0 spiro atoms. The van der Waals surface area contributed by atoms with E-state index >= 15 is 0 Å². The van der Waals surface area contributed by atoms with Gasteiger partial charge in [-0.2, -0.15) is 0 Å². The van der Waals surface area contributed by atoms with Gasteiger partial charge in [-0.25, -0.2) is 4.79 Å². The van der Waals surface area contributed by atoms with Gasteiger partial charge in [0, 0.05) is 5.69 Å². The summed E-state index contributed by atoms with van der Waals surface area (Å²) < 4.78 is 16.4. The van der Waals surface area contributed by atoms with Gasteiger partial charge in [-0.05, 0) is 82.2 Å². The first-order chi connectivity index (χ1) is 14.4. The van der Waals surface area contributed by atoms with Crippen molar-refractivity contribution < 1.29 is 19.0 Å². The molecule has 0 unspecified atom stereocenters. The average Bonchev–Trinajstić information content (AvgIpc) is 2.71. The number of rotatable bonds is 9. The summed E-state index contributed by atoms with van der Waals surface area (Å²) in [4.78, 5) is 12.0. The SMILES string of the molecule is CCOC(=O)c1ccc(C)c(NC(=S)N[C@@H](C)c2ccc(OCC)c(OCC)c2)c1. The van der Waals surface area contributed by atoms with E-state index in [1.807, 2.05) is 52.0 Å². The van der Waals surface area contributed by atoms with Crippen molar-refractivity contribution in [3.63, 3.8) is 0 Å². The van der Waals surface area contributed by atoms with Crippen LogP contribution in [0.15, 0.2) is 36.4 Å². The molecule has 162 valence electrons. The minimum Gasteiger partial charge on any atom is -0.490 e. The number of anilines is 1. The zero-order valence-electron chi connectivity index (χ0n) is 18.2. The molecule has 0 fully saturated rings. The molecule has 0 aromatic heterocycles. The highest BCUT2D eigenvalue weighted by molar-refractivity contribution is 7.80. The summed E-state index contributed by atoms with van der Waals surface area (Å²) in [5.74, 6) is 1.08. The molecular weight excluding hydrogens is 400 g/mol. The molecule has 0 amide bonds. The van der Waals surface area contributed by atoms with Crippen LogP contribution in [0.4, 0.5) is 5.69 Å². The van der Waals surface area contributed by atoms with E-state index < -0.39 is 0 Å². The Bertz CT molecular complexity index is 886. The van der Waals surface area contributed by atoms with Gasteiger partial charge in [0.1, 0.15) is 0 Å². The van der Waals surface area contributed by atoms with Crippen LogP contribution in [-0.4, -0.2) is 30.9 Å². The number of hydrogen-bond acceptors (Lipinski definition) is 5. The topological polar surface area (TPSA) is 68.8 Å². The summed E-state index contributed by atoms with van der Waals surface area (Å²) in [6.45, 7) is 11.1. The Balaban J connectivity index is 2.10. The van der Waals surface area contributed by atoms with E-state index in [1.54, 1.807) is 19.1 Å². The first-order valence-corrected chi connectivity index (χ1v) is 10.5. The van der Waals surface area contributed by atoms with Crippen molar-refractivity contribution >= 4 is 29.0 Å². The lowest BCUT2D eigenvalue weighted by molar-refractivity contribution is 0.0526. The maximum absolute atomic E-state index is 12.0. The van der Waals surface area contributed by atoms with Gasteiger partial charge in [-0.1, -0.05) is 12.1 Å². The van der Waals surface area contributed by atoms with Gasteiger partial charge >= 0.3 is 5.97 Å². The molecule has 2 aromatic carbocycles. The lowest BCUT2D eigenvalue weighted by Crippen LogP contribution is -2.31. The number of ether oxygens (including phenoxy) is 3. The summed E-state index contributed by atoms with van der Waals surface area (Å²) in [5, 5.41) is 6.91. The highest BCUT2D eigenvalue weighted by Crippen LogP contribution is 2.30. The Labute approximate surface area is 183 Å². The Morgan fingerprint density at radius 1 is 1.00 bits per heavy atom. The fourth-order valence-corrected chi connectivity index (χ4v) is 3.16. The zero-order valence-corrected chi connectivity index (χ0v) is 19.0. The Morgan fingerprint density at radius 3 is 2.37 bits per heavy atom. The van der Waals surface area contributed by atoms with Crippen LogP contribution in [0.5, 0.6) is 11.5 Å². The number of thiocarbonyl (C=S) groups is 1. The predicted octanol–water partition coefficient (Wildman–Crippen LogP) is 5.02. The van der Waals surface area contributed by atoms with Crippen LogP contribution in [0.25, 0.3) is 0 Å². The second kappa shape index (κ2) is 11.4. The number of aryl methyl sites for hydroxylation is 1. The van der Waals surface area contributed by atoms with E-state index in [9.17, 15) is 4.79 Å². The number of carbonyl (C=O) groups is 1. The minimum atomic E-state index is -0.356. The van der Waals surface area contributed by atoms with Crippen molar-refractivity contribution in [1.29, 1.82) is 0 Å². The summed E-state index contributed by atoms with van der Waals surface area (Å²) in [5.41, 5.74) is 3.23. The molecule has 0 aliphatic rings. The normalized spacial score (nSPS) is 11.4. The Hall–Kier alpha value is -2.80. The van der Waals surface area contributed by atoms with E-state index in [-0.39, 0.29) is 12.0 Å². The lowest BCUT2D eigenvalue weighted by Gasteiger charge is -2.20. The Kier molecular flexibility index (Phi) is 8.92. The Morgan fingerprint density at radius 2 is 1.70 bits per heavy atom. The molecule has 0 saturated heterocycles. The first-order valence-electron chi connectivity index (χ1n) is 10.1. The molecule has 6 nitrogen and oxygen atoms in total. The van der Waals surface area contributed by atoms with Crippen LogP contribution in [0.3, 0.4) is 0 Å². The van der Waals surface area contributed by atoms with Crippen molar-refractivity contribution in [3.8, 4) is 11.5 Å². The van der Waals surface area contributed by atoms with Gasteiger partial charge in [-0.15, -0.1) is 0 Å². The van der Waals surface area contributed by atoms with Crippen LogP contribution < -0.4 is 20.1 Å². The monoisotopic (exact) mass is 430 g/mol. The molecule has 0 aliphatic heterocycles. The van der Waals surface area contributed by atoms with Crippen molar-refractivity contribution in [2.24, 2.45) is 0 Å². The van der Waals surface area contributed by atoms with E-state index in [2.05, 4.69) is 10.6 Å². The zero-order chi connectivity index (χ0) is 22.1. The highest BCUT2D eigenvalue weighted by atomic mass is 32.1. The quantitative estimate of drug-likeness (QED) is 0.428. The van der Waals surface area contributed by atoms with Crippen LogP contribution in [0.2, 0.25) is 0 Å². The van der Waals surface area contributed by atoms with Crippen molar-refractivity contribution in [2.45, 2.75) is 40.7 Å². The molecular formula is C23H30N2O4S. The van der Waals surface area contributed by atoms with E-state index in [1.165, 1.54) is 0 Å². The largest absolute Gasteiger partial charge is 0.490 e. The molecule has 0 heterocycles. The van der Waals surface area contributed by atoms with Gasteiger partial charge in [0.2, 0.25) is 0 Å². The number of esters is 1. The second-order valence-electron chi connectivity index (χ2n) is 6.64. The predicted molar refractivity (Wildman–Crippen MR) is 124 cm³/mol. The molecule has 2 aromatic rings. The number of hydrogen-bond donors (Lipinski definition) is 2. The molecule has 2 rings (SSSR count). The first kappa shape index (κ1) is 23.5. The molecule has 0 bridgehead atoms. The smallest absolute Gasteiger partial charge is 0.338 e. The minimum absolute atomic E-state index is 0.0616. The number of benzene rings is 2. The van der Waals surface area contributed by atoms with Gasteiger partial charge < -0.3 is 24.8 Å². The van der Waals surface area contributed by atoms with Gasteiger partial charge in [0.25, 0.3) is 0 Å². The summed E-state index contributed by atoms with van der Waals surface area (Å²) in [7, 11) is 0. The van der Waals surface area contributed by atoms with Crippen molar-refractivity contribution in [3.05, 3.63) is 53.1 Å². The number of nitrogens with one attached hydrogen (secondary N) is 2. The van der Waals surface area contributed by atoms with Crippen LogP contribution >= 0.6 is 12.2 Å².